The van der Waals surface area contributed by atoms with E-state index in [1.165, 1.54) is 0 Å². The van der Waals surface area contributed by atoms with Gasteiger partial charge in [0.15, 0.2) is 0 Å². The molecule has 0 aromatic heterocycles. The first-order valence-electron chi connectivity index (χ1n) is 3.94. The average molecular weight is 158 g/mol. The fraction of sp³-hybridized carbons (Fsp3) is 0.857. The van der Waals surface area contributed by atoms with E-state index >= 15 is 0 Å². The first kappa shape index (κ1) is 8.49. The van der Waals surface area contributed by atoms with Crippen LogP contribution in [0.1, 0.15) is 6.42 Å². The van der Waals surface area contributed by atoms with E-state index in [1.807, 2.05) is 0 Å². The lowest BCUT2D eigenvalue weighted by Gasteiger charge is -2.18. The molecule has 0 unspecified atom stereocenters. The van der Waals surface area contributed by atoms with E-state index < -0.39 is 0 Å². The fourth-order valence-corrected chi connectivity index (χ4v) is 1.17. The fourth-order valence-electron chi connectivity index (χ4n) is 1.17. The van der Waals surface area contributed by atoms with E-state index in [-0.39, 0.29) is 12.5 Å². The van der Waals surface area contributed by atoms with E-state index in [9.17, 15) is 4.79 Å². The van der Waals surface area contributed by atoms with Gasteiger partial charge < -0.3 is 15.3 Å². The van der Waals surface area contributed by atoms with Crippen molar-refractivity contribution in [3.63, 3.8) is 0 Å². The van der Waals surface area contributed by atoms with Crippen molar-refractivity contribution in [2.75, 3.05) is 32.8 Å². The highest BCUT2D eigenvalue weighted by Gasteiger charge is 2.14. The highest BCUT2D eigenvalue weighted by molar-refractivity contribution is 5.76. The lowest BCUT2D eigenvalue weighted by atomic mass is 10.4. The standard InChI is InChI=1S/C7H14N2O2/c10-6-5-9-4-3-8-2-1-7(9)11/h8,10H,1-6H2. The molecule has 0 bridgehead atoms. The van der Waals surface area contributed by atoms with Crippen molar-refractivity contribution in [2.45, 2.75) is 6.42 Å². The summed E-state index contributed by atoms with van der Waals surface area (Å²) in [5.41, 5.74) is 0. The molecule has 0 spiro atoms. The zero-order chi connectivity index (χ0) is 8.10. The number of carbonyl (C=O) groups is 1. The summed E-state index contributed by atoms with van der Waals surface area (Å²) in [7, 11) is 0. The maximum atomic E-state index is 11.2. The van der Waals surface area contributed by atoms with E-state index in [4.69, 9.17) is 5.11 Å². The van der Waals surface area contributed by atoms with Crippen LogP contribution in [0.3, 0.4) is 0 Å². The molecule has 64 valence electrons. The number of aliphatic hydroxyl groups is 1. The van der Waals surface area contributed by atoms with Gasteiger partial charge in [-0.25, -0.2) is 0 Å². The van der Waals surface area contributed by atoms with Crippen molar-refractivity contribution < 1.29 is 9.90 Å². The quantitative estimate of drug-likeness (QED) is 0.531. The molecule has 0 atom stereocenters. The van der Waals surface area contributed by atoms with Gasteiger partial charge in [0.25, 0.3) is 0 Å². The zero-order valence-electron chi connectivity index (χ0n) is 6.55. The van der Waals surface area contributed by atoms with Crippen molar-refractivity contribution in [3.05, 3.63) is 0 Å². The second kappa shape index (κ2) is 4.31. The SMILES string of the molecule is O=C1CCNCCN1CCO. The van der Waals surface area contributed by atoms with Crippen LogP contribution in [0, 0.1) is 0 Å². The van der Waals surface area contributed by atoms with Gasteiger partial charge in [0, 0.05) is 32.6 Å². The maximum absolute atomic E-state index is 11.2. The van der Waals surface area contributed by atoms with Crippen LogP contribution in [0.4, 0.5) is 0 Å². The number of rotatable bonds is 2. The average Bonchev–Trinajstić information content (AvgIpc) is 2.18. The molecule has 1 saturated heterocycles. The molecule has 0 aliphatic carbocycles. The number of carbonyl (C=O) groups excluding carboxylic acids is 1. The molecule has 2 N–H and O–H groups in total. The maximum Gasteiger partial charge on any atom is 0.223 e. The topological polar surface area (TPSA) is 52.6 Å². The summed E-state index contributed by atoms with van der Waals surface area (Å²) in [6, 6.07) is 0. The molecule has 0 aromatic carbocycles. The summed E-state index contributed by atoms with van der Waals surface area (Å²) in [5, 5.41) is 11.7. The molecule has 11 heavy (non-hydrogen) atoms. The Morgan fingerprint density at radius 1 is 1.55 bits per heavy atom. The first-order valence-corrected chi connectivity index (χ1v) is 3.94. The Balaban J connectivity index is 2.39. The summed E-state index contributed by atoms with van der Waals surface area (Å²) in [4.78, 5) is 12.9. The Morgan fingerprint density at radius 3 is 3.09 bits per heavy atom. The highest BCUT2D eigenvalue weighted by atomic mass is 16.3. The largest absolute Gasteiger partial charge is 0.395 e. The van der Waals surface area contributed by atoms with Crippen molar-refractivity contribution in [3.8, 4) is 0 Å². The third kappa shape index (κ3) is 2.48. The molecule has 4 nitrogen and oxygen atoms in total. The van der Waals surface area contributed by atoms with E-state index in [0.717, 1.165) is 19.6 Å². The molecule has 0 saturated carbocycles. The lowest BCUT2D eigenvalue weighted by molar-refractivity contribution is -0.130. The molecule has 1 amide bonds. The number of hydrogen-bond acceptors (Lipinski definition) is 3. The number of hydrogen-bond donors (Lipinski definition) is 2. The van der Waals surface area contributed by atoms with Gasteiger partial charge >= 0.3 is 0 Å². The Labute approximate surface area is 66.2 Å². The van der Waals surface area contributed by atoms with Crippen molar-refractivity contribution >= 4 is 5.91 Å². The summed E-state index contributed by atoms with van der Waals surface area (Å²) in [6.07, 6.45) is 0.556. The second-order valence-electron chi connectivity index (χ2n) is 2.60. The van der Waals surface area contributed by atoms with Gasteiger partial charge in [0.05, 0.1) is 6.61 Å². The van der Waals surface area contributed by atoms with Crippen LogP contribution in [0.15, 0.2) is 0 Å². The summed E-state index contributed by atoms with van der Waals surface area (Å²) >= 11 is 0. The molecular weight excluding hydrogens is 144 g/mol. The smallest absolute Gasteiger partial charge is 0.223 e. The molecule has 1 rings (SSSR count). The van der Waals surface area contributed by atoms with Crippen LogP contribution in [-0.4, -0.2) is 48.7 Å². The van der Waals surface area contributed by atoms with Gasteiger partial charge in [0.2, 0.25) is 5.91 Å². The molecule has 1 heterocycles. The molecule has 0 aromatic rings. The van der Waals surface area contributed by atoms with Gasteiger partial charge in [-0.3, -0.25) is 4.79 Å². The van der Waals surface area contributed by atoms with Crippen LogP contribution in [0.5, 0.6) is 0 Å². The van der Waals surface area contributed by atoms with Crippen molar-refractivity contribution in [1.29, 1.82) is 0 Å². The van der Waals surface area contributed by atoms with Gasteiger partial charge in [-0.15, -0.1) is 0 Å². The highest BCUT2D eigenvalue weighted by Crippen LogP contribution is 1.95. The van der Waals surface area contributed by atoms with Crippen molar-refractivity contribution in [2.24, 2.45) is 0 Å². The van der Waals surface area contributed by atoms with Gasteiger partial charge in [0.1, 0.15) is 0 Å². The van der Waals surface area contributed by atoms with Gasteiger partial charge in [-0.1, -0.05) is 0 Å². The molecular formula is C7H14N2O2. The molecule has 1 aliphatic heterocycles. The Hall–Kier alpha value is -0.610. The lowest BCUT2D eigenvalue weighted by Crippen LogP contribution is -2.34. The van der Waals surface area contributed by atoms with Gasteiger partial charge in [-0.2, -0.15) is 0 Å². The van der Waals surface area contributed by atoms with Crippen LogP contribution in [0.2, 0.25) is 0 Å². The van der Waals surface area contributed by atoms with Crippen molar-refractivity contribution in [1.82, 2.24) is 10.2 Å². The molecule has 0 radical (unpaired) electrons. The van der Waals surface area contributed by atoms with Crippen LogP contribution >= 0.6 is 0 Å². The third-order valence-electron chi connectivity index (χ3n) is 1.80. The van der Waals surface area contributed by atoms with Crippen LogP contribution < -0.4 is 5.32 Å². The van der Waals surface area contributed by atoms with Crippen LogP contribution in [-0.2, 0) is 4.79 Å². The summed E-state index contributed by atoms with van der Waals surface area (Å²) in [5.74, 6) is 0.143. The molecule has 1 fully saturated rings. The number of nitrogens with zero attached hydrogens (tertiary/aromatic N) is 1. The zero-order valence-corrected chi connectivity index (χ0v) is 6.55. The summed E-state index contributed by atoms with van der Waals surface area (Å²) in [6.45, 7) is 2.86. The van der Waals surface area contributed by atoms with Crippen LogP contribution in [0.25, 0.3) is 0 Å². The predicted molar refractivity (Wildman–Crippen MR) is 41.2 cm³/mol. The Bertz CT molecular complexity index is 138. The molecule has 4 heteroatoms. The second-order valence-corrected chi connectivity index (χ2v) is 2.60. The van der Waals surface area contributed by atoms with E-state index in [0.29, 0.717) is 13.0 Å². The number of aliphatic hydroxyl groups excluding tert-OH is 1. The number of nitrogens with one attached hydrogen (secondary N) is 1. The van der Waals surface area contributed by atoms with Gasteiger partial charge in [-0.05, 0) is 0 Å². The van der Waals surface area contributed by atoms with E-state index in [1.54, 1.807) is 4.90 Å². The molecule has 1 aliphatic rings. The monoisotopic (exact) mass is 158 g/mol. The predicted octanol–water partition coefficient (Wildman–Crippen LogP) is -1.20. The minimum atomic E-state index is 0.0613. The normalized spacial score (nSPS) is 20.1. The third-order valence-corrected chi connectivity index (χ3v) is 1.80. The number of β-amino-alcohol motifs (C(OH)–C–C–N with tert-alkyl or cyclic N) is 1. The first-order chi connectivity index (χ1) is 5.34. The Morgan fingerprint density at radius 2 is 2.36 bits per heavy atom. The number of amides is 1. The minimum Gasteiger partial charge on any atom is -0.395 e. The Kier molecular flexibility index (Phi) is 3.32. The summed E-state index contributed by atoms with van der Waals surface area (Å²) < 4.78 is 0. The minimum absolute atomic E-state index is 0.0613. The van der Waals surface area contributed by atoms with E-state index in [2.05, 4.69) is 5.32 Å².